The van der Waals surface area contributed by atoms with E-state index in [4.69, 9.17) is 0 Å². The van der Waals surface area contributed by atoms with Crippen LogP contribution < -0.4 is 0 Å². The lowest BCUT2D eigenvalue weighted by atomic mass is 10.1. The van der Waals surface area contributed by atoms with E-state index in [2.05, 4.69) is 0 Å². The van der Waals surface area contributed by atoms with Crippen molar-refractivity contribution in [3.8, 4) is 0 Å². The summed E-state index contributed by atoms with van der Waals surface area (Å²) in [6.07, 6.45) is 1.11. The van der Waals surface area contributed by atoms with E-state index in [1.165, 1.54) is 16.7 Å². The molecule has 1 aliphatic heterocycles. The largest absolute Gasteiger partial charge is 0.293 e. The quantitative estimate of drug-likeness (QED) is 0.782. The average molecular weight is 335 g/mol. The van der Waals surface area contributed by atoms with Gasteiger partial charge < -0.3 is 0 Å². The van der Waals surface area contributed by atoms with Crippen molar-refractivity contribution in [1.29, 1.82) is 0 Å². The number of carbonyl (C=O) groups excluding carboxylic acids is 1. The Kier molecular flexibility index (Phi) is 5.00. The number of hydrogen-bond donors (Lipinski definition) is 0. The molecule has 21 heavy (non-hydrogen) atoms. The summed E-state index contributed by atoms with van der Waals surface area (Å²) in [6.45, 7) is 0.184. The van der Waals surface area contributed by atoms with Crippen LogP contribution in [0.1, 0.15) is 10.4 Å². The minimum Gasteiger partial charge on any atom is -0.293 e. The highest BCUT2D eigenvalue weighted by Crippen LogP contribution is 2.21. The third kappa shape index (κ3) is 4.02. The van der Waals surface area contributed by atoms with Crippen LogP contribution in [0, 0.1) is 11.6 Å². The third-order valence-electron chi connectivity index (χ3n) is 3.26. The predicted octanol–water partition coefficient (Wildman–Crippen LogP) is 1.57. The molecule has 1 aromatic rings. The predicted molar refractivity (Wildman–Crippen MR) is 78.2 cm³/mol. The number of rotatable bonds is 4. The molecule has 0 aromatic heterocycles. The number of benzene rings is 1. The summed E-state index contributed by atoms with van der Waals surface area (Å²) in [5.41, 5.74) is -0.347. The summed E-state index contributed by atoms with van der Waals surface area (Å²) in [5.74, 6) is -1.05. The molecule has 4 nitrogen and oxygen atoms in total. The Morgan fingerprint density at radius 2 is 2.14 bits per heavy atom. The van der Waals surface area contributed by atoms with Gasteiger partial charge in [0.05, 0.1) is 12.1 Å². The van der Waals surface area contributed by atoms with E-state index < -0.39 is 32.6 Å². The average Bonchev–Trinajstić information content (AvgIpc) is 2.41. The van der Waals surface area contributed by atoms with Gasteiger partial charge in [0.25, 0.3) is 0 Å². The van der Waals surface area contributed by atoms with Crippen LogP contribution in [0.25, 0.3) is 0 Å². The van der Waals surface area contributed by atoms with E-state index in [0.29, 0.717) is 18.1 Å². The van der Waals surface area contributed by atoms with Gasteiger partial charge in [-0.15, -0.1) is 0 Å². The highest BCUT2D eigenvalue weighted by Gasteiger charge is 2.32. The molecule has 1 aromatic carbocycles. The maximum Gasteiger partial charge on any atom is 0.179 e. The molecule has 1 fully saturated rings. The van der Waals surface area contributed by atoms with E-state index in [1.54, 1.807) is 0 Å². The van der Waals surface area contributed by atoms with Gasteiger partial charge in [0.2, 0.25) is 0 Å². The zero-order chi connectivity index (χ0) is 15.6. The van der Waals surface area contributed by atoms with E-state index in [9.17, 15) is 22.0 Å². The topological polar surface area (TPSA) is 54.5 Å². The van der Waals surface area contributed by atoms with Crippen molar-refractivity contribution < 1.29 is 22.0 Å². The van der Waals surface area contributed by atoms with Crippen LogP contribution in [-0.2, 0) is 9.84 Å². The number of halogens is 2. The molecule has 0 saturated carbocycles. The number of hydrogen-bond acceptors (Lipinski definition) is 5. The number of Topliss-reactive ketones (excluding diaryl/α,β-unsaturated/α-hetero) is 1. The molecule has 8 heteroatoms. The molecule has 0 spiro atoms. The molecular formula is C13H15F2NO3S2. The summed E-state index contributed by atoms with van der Waals surface area (Å²) in [7, 11) is -3.34. The van der Waals surface area contributed by atoms with Crippen LogP contribution >= 0.6 is 11.8 Å². The molecule has 1 unspecified atom stereocenters. The van der Waals surface area contributed by atoms with E-state index in [0.717, 1.165) is 24.5 Å². The van der Waals surface area contributed by atoms with Gasteiger partial charge >= 0.3 is 0 Å². The first-order valence-electron chi connectivity index (χ1n) is 6.28. The van der Waals surface area contributed by atoms with Gasteiger partial charge in [0.1, 0.15) is 17.0 Å². The Bertz CT molecular complexity index is 649. The number of thioether (sulfide) groups is 1. The summed E-state index contributed by atoms with van der Waals surface area (Å²) >= 11 is 1.50. The third-order valence-corrected chi connectivity index (χ3v) is 5.95. The van der Waals surface area contributed by atoms with E-state index in [-0.39, 0.29) is 12.1 Å². The van der Waals surface area contributed by atoms with Crippen molar-refractivity contribution in [3.05, 3.63) is 35.4 Å². The lowest BCUT2D eigenvalue weighted by Crippen LogP contribution is -2.48. The Hall–Kier alpha value is -0.990. The highest BCUT2D eigenvalue weighted by atomic mass is 32.2. The molecule has 0 N–H and O–H groups in total. The molecule has 0 aliphatic carbocycles. The Morgan fingerprint density at radius 3 is 2.81 bits per heavy atom. The second-order valence-corrected chi connectivity index (χ2v) is 8.23. The number of nitrogens with zero attached hydrogens (tertiary/aromatic N) is 1. The number of ketones is 1. The van der Waals surface area contributed by atoms with Crippen molar-refractivity contribution in [2.24, 2.45) is 0 Å². The maximum atomic E-state index is 13.6. The van der Waals surface area contributed by atoms with Gasteiger partial charge in [-0.1, -0.05) is 0 Å². The summed E-state index contributed by atoms with van der Waals surface area (Å²) < 4.78 is 50.2. The molecule has 0 radical (unpaired) electrons. The van der Waals surface area contributed by atoms with E-state index >= 15 is 0 Å². The van der Waals surface area contributed by atoms with Gasteiger partial charge in [-0.2, -0.15) is 11.8 Å². The Balaban J connectivity index is 2.19. The monoisotopic (exact) mass is 335 g/mol. The molecule has 1 aliphatic rings. The van der Waals surface area contributed by atoms with Gasteiger partial charge in [-0.3, -0.25) is 9.69 Å². The SMILES string of the molecule is CS(=O)(=O)C1CSCCN1CC(=O)c1cc(F)ccc1F. The number of carbonyl (C=O) groups is 1. The molecule has 0 bridgehead atoms. The fourth-order valence-electron chi connectivity index (χ4n) is 2.17. The van der Waals surface area contributed by atoms with Crippen LogP contribution in [0.15, 0.2) is 18.2 Å². The molecule has 1 saturated heterocycles. The second-order valence-electron chi connectivity index (χ2n) is 4.88. The lowest BCUT2D eigenvalue weighted by molar-refractivity contribution is 0.0924. The molecule has 0 amide bonds. The van der Waals surface area contributed by atoms with Crippen molar-refractivity contribution in [1.82, 2.24) is 4.90 Å². The first-order chi connectivity index (χ1) is 9.79. The van der Waals surface area contributed by atoms with Gasteiger partial charge in [-0.25, -0.2) is 17.2 Å². The first-order valence-corrected chi connectivity index (χ1v) is 9.39. The Labute approximate surface area is 126 Å². The van der Waals surface area contributed by atoms with Crippen molar-refractivity contribution in [2.75, 3.05) is 30.9 Å². The van der Waals surface area contributed by atoms with Crippen LogP contribution in [0.5, 0.6) is 0 Å². The maximum absolute atomic E-state index is 13.6. The highest BCUT2D eigenvalue weighted by molar-refractivity contribution is 8.00. The molecule has 1 heterocycles. The fourth-order valence-corrected chi connectivity index (χ4v) is 5.11. The summed E-state index contributed by atoms with van der Waals surface area (Å²) in [6, 6.07) is 2.66. The molecule has 1 atom stereocenters. The van der Waals surface area contributed by atoms with Gasteiger partial charge in [-0.05, 0) is 18.2 Å². The normalized spacial score (nSPS) is 20.4. The zero-order valence-corrected chi connectivity index (χ0v) is 13.0. The van der Waals surface area contributed by atoms with Crippen molar-refractivity contribution >= 4 is 27.4 Å². The van der Waals surface area contributed by atoms with Gasteiger partial charge in [0.15, 0.2) is 15.6 Å². The zero-order valence-electron chi connectivity index (χ0n) is 11.4. The van der Waals surface area contributed by atoms with Crippen LogP contribution in [-0.4, -0.2) is 55.3 Å². The fraction of sp³-hybridized carbons (Fsp3) is 0.462. The lowest BCUT2D eigenvalue weighted by Gasteiger charge is -2.33. The standard InChI is InChI=1S/C13H15F2NO3S2/c1-21(18,19)13-8-20-5-4-16(13)7-12(17)10-6-9(14)2-3-11(10)15/h2-3,6,13H,4-5,7-8H2,1H3. The smallest absolute Gasteiger partial charge is 0.179 e. The minimum atomic E-state index is -3.34. The molecule has 116 valence electrons. The molecular weight excluding hydrogens is 320 g/mol. The van der Waals surface area contributed by atoms with Crippen molar-refractivity contribution in [3.63, 3.8) is 0 Å². The van der Waals surface area contributed by atoms with Crippen LogP contribution in [0.4, 0.5) is 8.78 Å². The second kappa shape index (κ2) is 6.41. The Morgan fingerprint density at radius 1 is 1.43 bits per heavy atom. The molecule has 2 rings (SSSR count). The van der Waals surface area contributed by atoms with Crippen LogP contribution in [0.2, 0.25) is 0 Å². The summed E-state index contributed by atoms with van der Waals surface area (Å²) in [5, 5.41) is -0.767. The number of sulfone groups is 1. The van der Waals surface area contributed by atoms with Crippen LogP contribution in [0.3, 0.4) is 0 Å². The first kappa shape index (κ1) is 16.4. The summed E-state index contributed by atoms with van der Waals surface area (Å²) in [4.78, 5) is 13.6. The van der Waals surface area contributed by atoms with Gasteiger partial charge in [0, 0.05) is 24.3 Å². The van der Waals surface area contributed by atoms with Crippen molar-refractivity contribution in [2.45, 2.75) is 5.37 Å². The minimum absolute atomic E-state index is 0.237. The van der Waals surface area contributed by atoms with E-state index in [1.807, 2.05) is 0 Å².